The minimum absolute atomic E-state index is 0.107. The molecule has 0 aromatic rings. The number of allylic oxidation sites excluding steroid dienone is 26. The largest absolute Gasteiger partial charge is 0.462 e. The van der Waals surface area contributed by atoms with Crippen molar-refractivity contribution in [2.75, 3.05) is 13.2 Å². The first-order chi connectivity index (χ1) is 38.0. The molecule has 0 amide bonds. The Hall–Kier alpha value is -4.97. The zero-order valence-corrected chi connectivity index (χ0v) is 49.4. The van der Waals surface area contributed by atoms with Gasteiger partial charge in [-0.1, -0.05) is 243 Å². The molecule has 0 aliphatic rings. The number of rotatable bonds is 54. The summed E-state index contributed by atoms with van der Waals surface area (Å²) in [5.41, 5.74) is 0. The Bertz CT molecular complexity index is 1740. The van der Waals surface area contributed by atoms with E-state index < -0.39 is 6.10 Å². The quantitative estimate of drug-likeness (QED) is 0.0261. The van der Waals surface area contributed by atoms with Crippen LogP contribution in [0.3, 0.4) is 0 Å². The minimum Gasteiger partial charge on any atom is -0.462 e. The second-order valence-corrected chi connectivity index (χ2v) is 19.8. The van der Waals surface area contributed by atoms with Crippen LogP contribution in [0.25, 0.3) is 0 Å². The van der Waals surface area contributed by atoms with Crippen molar-refractivity contribution in [1.29, 1.82) is 0 Å². The van der Waals surface area contributed by atoms with Gasteiger partial charge in [0.25, 0.3) is 0 Å². The molecule has 432 valence electrons. The Morgan fingerprint density at radius 3 is 0.792 bits per heavy atom. The number of carbonyl (C=O) groups is 3. The molecule has 6 heteroatoms. The van der Waals surface area contributed by atoms with Crippen molar-refractivity contribution in [3.63, 3.8) is 0 Å². The Morgan fingerprint density at radius 1 is 0.273 bits per heavy atom. The lowest BCUT2D eigenvalue weighted by molar-refractivity contribution is -0.167. The fourth-order valence-corrected chi connectivity index (χ4v) is 7.91. The summed E-state index contributed by atoms with van der Waals surface area (Å²) in [5.74, 6) is -0.968. The Morgan fingerprint density at radius 2 is 0.506 bits per heavy atom. The van der Waals surface area contributed by atoms with Gasteiger partial charge < -0.3 is 14.2 Å². The van der Waals surface area contributed by atoms with Gasteiger partial charge in [-0.15, -0.1) is 0 Å². The predicted octanol–water partition coefficient (Wildman–Crippen LogP) is 21.3. The number of carbonyl (C=O) groups excluding carboxylic acids is 3. The number of hydrogen-bond donors (Lipinski definition) is 0. The standard InChI is InChI=1S/C71H112O6/c1-4-7-10-13-16-19-22-25-28-29-30-31-32-33-34-35-36-37-38-39-40-41-44-46-49-52-55-58-61-64-70(73)76-67-68(77-71(74)65-62-59-56-53-50-47-43-27-24-21-18-15-12-9-6-3)66-75-69(72)63-60-57-54-51-48-45-42-26-23-20-17-14-11-8-5-2/h7,9-10,12,16-21,25-28,30-31,33-34,36-37,39-40,42-44,46,68H,4-6,8,11,13-15,22-24,29,32,35,38,41,45,47-67H2,1-3H3/b10-7-,12-9-,19-16-,20-17-,21-18-,28-25-,31-30-,34-33-,37-36-,40-39-,42-26-,43-27-,46-44-. The van der Waals surface area contributed by atoms with Crippen molar-refractivity contribution in [2.24, 2.45) is 0 Å². The highest BCUT2D eigenvalue weighted by molar-refractivity contribution is 5.71. The molecular weight excluding hydrogens is 949 g/mol. The summed E-state index contributed by atoms with van der Waals surface area (Å²) in [7, 11) is 0. The average Bonchev–Trinajstić information content (AvgIpc) is 3.43. The van der Waals surface area contributed by atoms with Gasteiger partial charge in [-0.05, 0) is 148 Å². The molecule has 0 N–H and O–H groups in total. The van der Waals surface area contributed by atoms with Crippen LogP contribution < -0.4 is 0 Å². The molecule has 0 saturated heterocycles. The smallest absolute Gasteiger partial charge is 0.306 e. The molecule has 6 nitrogen and oxygen atoms in total. The van der Waals surface area contributed by atoms with Gasteiger partial charge in [-0.25, -0.2) is 0 Å². The first-order valence-corrected chi connectivity index (χ1v) is 31.0. The number of esters is 3. The molecule has 0 rings (SSSR count). The zero-order chi connectivity index (χ0) is 55.7. The SMILES string of the molecule is CC/C=C\C/C=C\C/C=C\C/C=C\C/C=C\C/C=C\C/C=C\C/C=C\CCCCCCC(=O)OCC(COC(=O)CCCCCCC/C=C\C/C=C\CCCCC)OC(=O)CCCCCCC/C=C\C/C=C\C/C=C\CC. The minimum atomic E-state index is -0.812. The lowest BCUT2D eigenvalue weighted by Gasteiger charge is -2.18. The van der Waals surface area contributed by atoms with Gasteiger partial charge in [0.15, 0.2) is 6.10 Å². The first kappa shape index (κ1) is 72.0. The van der Waals surface area contributed by atoms with E-state index in [0.29, 0.717) is 19.3 Å². The zero-order valence-electron chi connectivity index (χ0n) is 49.4. The van der Waals surface area contributed by atoms with Gasteiger partial charge in [0.2, 0.25) is 0 Å². The Balaban J connectivity index is 4.44. The van der Waals surface area contributed by atoms with Gasteiger partial charge in [0, 0.05) is 19.3 Å². The van der Waals surface area contributed by atoms with Crippen LogP contribution in [0, 0.1) is 0 Å². The van der Waals surface area contributed by atoms with Crippen molar-refractivity contribution in [1.82, 2.24) is 0 Å². The van der Waals surface area contributed by atoms with Crippen LogP contribution in [0.4, 0.5) is 0 Å². The normalized spacial score (nSPS) is 13.2. The second kappa shape index (κ2) is 63.6. The summed E-state index contributed by atoms with van der Waals surface area (Å²) >= 11 is 0. The van der Waals surface area contributed by atoms with Crippen LogP contribution in [0.5, 0.6) is 0 Å². The monoisotopic (exact) mass is 1060 g/mol. The van der Waals surface area contributed by atoms with Crippen LogP contribution in [-0.2, 0) is 28.6 Å². The first-order valence-electron chi connectivity index (χ1n) is 31.0. The molecule has 0 aromatic heterocycles. The summed E-state index contributed by atoms with van der Waals surface area (Å²) in [4.78, 5) is 38.2. The van der Waals surface area contributed by atoms with E-state index in [2.05, 4.69) is 179 Å². The van der Waals surface area contributed by atoms with Gasteiger partial charge in [-0.2, -0.15) is 0 Å². The molecule has 1 unspecified atom stereocenters. The fourth-order valence-electron chi connectivity index (χ4n) is 7.91. The third-order valence-electron chi connectivity index (χ3n) is 12.5. The molecular formula is C71H112O6. The molecule has 0 spiro atoms. The van der Waals surface area contributed by atoms with Gasteiger partial charge >= 0.3 is 17.9 Å². The van der Waals surface area contributed by atoms with E-state index in [1.54, 1.807) is 0 Å². The van der Waals surface area contributed by atoms with Crippen molar-refractivity contribution < 1.29 is 28.6 Å². The van der Waals surface area contributed by atoms with Gasteiger partial charge in [0.05, 0.1) is 0 Å². The van der Waals surface area contributed by atoms with Crippen molar-refractivity contribution in [2.45, 2.75) is 258 Å². The molecule has 1 atom stereocenters. The van der Waals surface area contributed by atoms with E-state index in [1.807, 2.05) is 0 Å². The van der Waals surface area contributed by atoms with E-state index in [9.17, 15) is 14.4 Å². The lowest BCUT2D eigenvalue weighted by atomic mass is 10.1. The van der Waals surface area contributed by atoms with E-state index in [-0.39, 0.29) is 31.1 Å². The maximum absolute atomic E-state index is 12.9. The Labute approximate surface area is 473 Å². The van der Waals surface area contributed by atoms with Crippen molar-refractivity contribution in [3.05, 3.63) is 158 Å². The summed E-state index contributed by atoms with van der Waals surface area (Å²) in [6, 6.07) is 0. The summed E-state index contributed by atoms with van der Waals surface area (Å²) in [6.07, 6.45) is 92.4. The summed E-state index contributed by atoms with van der Waals surface area (Å²) in [5, 5.41) is 0. The Kier molecular flexibility index (Phi) is 59.5. The highest BCUT2D eigenvalue weighted by Crippen LogP contribution is 2.13. The van der Waals surface area contributed by atoms with Gasteiger partial charge in [0.1, 0.15) is 13.2 Å². The molecule has 0 aliphatic heterocycles. The summed E-state index contributed by atoms with van der Waals surface area (Å²) in [6.45, 7) is 6.33. The molecule has 0 bridgehead atoms. The molecule has 0 radical (unpaired) electrons. The molecule has 0 heterocycles. The lowest BCUT2D eigenvalue weighted by Crippen LogP contribution is -2.30. The van der Waals surface area contributed by atoms with E-state index in [4.69, 9.17) is 14.2 Å². The molecule has 0 fully saturated rings. The average molecular weight is 1060 g/mol. The van der Waals surface area contributed by atoms with Crippen LogP contribution in [0.1, 0.15) is 252 Å². The van der Waals surface area contributed by atoms with E-state index >= 15 is 0 Å². The number of unbranched alkanes of at least 4 members (excludes halogenated alkanes) is 17. The van der Waals surface area contributed by atoms with Crippen LogP contribution in [-0.4, -0.2) is 37.2 Å². The van der Waals surface area contributed by atoms with Gasteiger partial charge in [-0.3, -0.25) is 14.4 Å². The molecule has 77 heavy (non-hydrogen) atoms. The third kappa shape index (κ3) is 61.8. The van der Waals surface area contributed by atoms with Crippen molar-refractivity contribution >= 4 is 17.9 Å². The molecule has 0 aliphatic carbocycles. The highest BCUT2D eigenvalue weighted by atomic mass is 16.6. The van der Waals surface area contributed by atoms with E-state index in [1.165, 1.54) is 25.7 Å². The number of ether oxygens (including phenoxy) is 3. The topological polar surface area (TPSA) is 78.9 Å². The van der Waals surface area contributed by atoms with Crippen LogP contribution >= 0.6 is 0 Å². The second-order valence-electron chi connectivity index (χ2n) is 19.8. The van der Waals surface area contributed by atoms with E-state index in [0.717, 1.165) is 186 Å². The molecule has 0 aromatic carbocycles. The maximum Gasteiger partial charge on any atom is 0.306 e. The van der Waals surface area contributed by atoms with Crippen molar-refractivity contribution in [3.8, 4) is 0 Å². The van der Waals surface area contributed by atoms with Crippen LogP contribution in [0.2, 0.25) is 0 Å². The highest BCUT2D eigenvalue weighted by Gasteiger charge is 2.19. The summed E-state index contributed by atoms with van der Waals surface area (Å²) < 4.78 is 16.8. The number of hydrogen-bond acceptors (Lipinski definition) is 6. The molecule has 0 saturated carbocycles. The third-order valence-corrected chi connectivity index (χ3v) is 12.5. The van der Waals surface area contributed by atoms with Crippen LogP contribution in [0.15, 0.2) is 158 Å². The maximum atomic E-state index is 12.9. The fraction of sp³-hybridized carbons (Fsp3) is 0.592. The predicted molar refractivity (Wildman–Crippen MR) is 334 cm³/mol.